The predicted molar refractivity (Wildman–Crippen MR) is 144 cm³/mol. The van der Waals surface area contributed by atoms with E-state index in [0.717, 1.165) is 9.87 Å². The number of benzene rings is 3. The molecule has 4 rings (SSSR count). The van der Waals surface area contributed by atoms with Gasteiger partial charge in [-0.15, -0.1) is 0 Å². The first kappa shape index (κ1) is 27.2. The van der Waals surface area contributed by atoms with Crippen LogP contribution in [0.1, 0.15) is 19.4 Å². The van der Waals surface area contributed by atoms with Gasteiger partial charge in [-0.05, 0) is 48.9 Å². The molecule has 0 fully saturated rings. The van der Waals surface area contributed by atoms with Gasteiger partial charge in [0.25, 0.3) is 5.91 Å². The van der Waals surface area contributed by atoms with Crippen molar-refractivity contribution < 1.29 is 27.5 Å². The minimum absolute atomic E-state index is 0.0445. The van der Waals surface area contributed by atoms with Gasteiger partial charge in [-0.2, -0.15) is 4.31 Å². The Hall–Kier alpha value is -3.89. The number of rotatable bonds is 10. The summed E-state index contributed by atoms with van der Waals surface area (Å²) in [6.07, 6.45) is -0.949. The summed E-state index contributed by atoms with van der Waals surface area (Å²) >= 11 is 0. The van der Waals surface area contributed by atoms with E-state index in [2.05, 4.69) is 5.32 Å². The molecular formula is C28H31N3O6S. The van der Waals surface area contributed by atoms with Crippen molar-refractivity contribution in [3.05, 3.63) is 84.4 Å². The number of carbonyl (C=O) groups excluding carboxylic acids is 2. The number of nitrogens with one attached hydrogen (secondary N) is 1. The van der Waals surface area contributed by atoms with Crippen LogP contribution in [0.5, 0.6) is 11.5 Å². The van der Waals surface area contributed by atoms with Gasteiger partial charge in [0.2, 0.25) is 15.9 Å². The van der Waals surface area contributed by atoms with Crippen LogP contribution in [0.2, 0.25) is 0 Å². The number of likely N-dealkylation sites (N-methyl/N-ethyl adjacent to an activating group) is 1. The number of anilines is 1. The maximum Gasteiger partial charge on any atom is 0.263 e. The van der Waals surface area contributed by atoms with E-state index in [1.807, 2.05) is 37.3 Å². The fourth-order valence-electron chi connectivity index (χ4n) is 4.13. The molecule has 0 spiro atoms. The molecule has 0 aliphatic carbocycles. The predicted octanol–water partition coefficient (Wildman–Crippen LogP) is 3.21. The Balaban J connectivity index is 1.50. The summed E-state index contributed by atoms with van der Waals surface area (Å²) in [6.45, 7) is 3.96. The fraction of sp³-hybridized carbons (Fsp3) is 0.286. The molecule has 1 heterocycles. The largest absolute Gasteiger partial charge is 0.494 e. The Morgan fingerprint density at radius 1 is 1.00 bits per heavy atom. The van der Waals surface area contributed by atoms with Gasteiger partial charge >= 0.3 is 0 Å². The lowest BCUT2D eigenvalue weighted by molar-refractivity contribution is -0.128. The lowest BCUT2D eigenvalue weighted by Crippen LogP contribution is -2.53. The molecule has 0 radical (unpaired) electrons. The van der Waals surface area contributed by atoms with Crippen LogP contribution >= 0.6 is 0 Å². The third-order valence-corrected chi connectivity index (χ3v) is 8.05. The molecule has 0 saturated carbocycles. The first-order chi connectivity index (χ1) is 18.3. The van der Waals surface area contributed by atoms with Gasteiger partial charge in [0.05, 0.1) is 30.3 Å². The molecule has 3 aromatic carbocycles. The molecule has 0 saturated heterocycles. The van der Waals surface area contributed by atoms with Crippen LogP contribution in [-0.4, -0.2) is 56.9 Å². The summed E-state index contributed by atoms with van der Waals surface area (Å²) in [5.74, 6) is 0.116. The highest BCUT2D eigenvalue weighted by Crippen LogP contribution is 2.33. The van der Waals surface area contributed by atoms with Gasteiger partial charge in [0, 0.05) is 13.1 Å². The van der Waals surface area contributed by atoms with Gasteiger partial charge < -0.3 is 19.7 Å². The minimum Gasteiger partial charge on any atom is -0.494 e. The summed E-state index contributed by atoms with van der Waals surface area (Å²) in [5.41, 5.74) is 1.42. The number of ether oxygens (including phenoxy) is 2. The van der Waals surface area contributed by atoms with Crippen molar-refractivity contribution in [1.29, 1.82) is 0 Å². The zero-order chi connectivity index (χ0) is 27.1. The van der Waals surface area contributed by atoms with E-state index in [1.54, 1.807) is 43.3 Å². The third-order valence-electron chi connectivity index (χ3n) is 6.11. The average molecular weight is 538 g/mol. The minimum atomic E-state index is -3.94. The van der Waals surface area contributed by atoms with Crippen LogP contribution in [0.25, 0.3) is 0 Å². The number of nitrogens with zero attached hydrogens (tertiary/aromatic N) is 2. The van der Waals surface area contributed by atoms with E-state index >= 15 is 0 Å². The van der Waals surface area contributed by atoms with E-state index in [9.17, 15) is 18.0 Å². The fourth-order valence-corrected chi connectivity index (χ4v) is 5.53. The Bertz CT molecular complexity index is 1360. The Labute approximate surface area is 223 Å². The quantitative estimate of drug-likeness (QED) is 0.426. The number of carbonyl (C=O) groups is 2. The highest BCUT2D eigenvalue weighted by Gasteiger charge is 2.35. The van der Waals surface area contributed by atoms with Gasteiger partial charge in [-0.25, -0.2) is 8.42 Å². The average Bonchev–Trinajstić information content (AvgIpc) is 2.94. The second-order valence-electron chi connectivity index (χ2n) is 8.62. The zero-order valence-electron chi connectivity index (χ0n) is 21.4. The first-order valence-corrected chi connectivity index (χ1v) is 13.9. The zero-order valence-corrected chi connectivity index (χ0v) is 22.2. The van der Waals surface area contributed by atoms with Crippen LogP contribution in [0.15, 0.2) is 83.8 Å². The molecule has 1 aliphatic rings. The van der Waals surface area contributed by atoms with E-state index in [0.29, 0.717) is 30.3 Å². The van der Waals surface area contributed by atoms with Crippen molar-refractivity contribution in [2.45, 2.75) is 31.4 Å². The molecule has 38 heavy (non-hydrogen) atoms. The Kier molecular flexibility index (Phi) is 8.65. The van der Waals surface area contributed by atoms with E-state index in [4.69, 9.17) is 9.47 Å². The van der Waals surface area contributed by atoms with Crippen molar-refractivity contribution in [3.63, 3.8) is 0 Å². The number of hydrogen-bond donors (Lipinski definition) is 1. The standard InChI is InChI=1S/C28H31N3O6S/c1-3-30(38(34,35)23-16-14-22(15-17-23)36-4-2)20-27(32)31-19-26(37-25-13-9-8-12-24(25)31)28(33)29-18-21-10-6-5-7-11-21/h5-17,26H,3-4,18-20H2,1-2H3,(H,29,33)/t26-/m0/s1. The molecule has 0 aromatic heterocycles. The molecule has 200 valence electrons. The maximum absolute atomic E-state index is 13.5. The number of fused-ring (bicyclic) bond motifs is 1. The number of amides is 2. The highest BCUT2D eigenvalue weighted by atomic mass is 32.2. The lowest BCUT2D eigenvalue weighted by Gasteiger charge is -2.35. The van der Waals surface area contributed by atoms with Crippen molar-refractivity contribution in [2.24, 2.45) is 0 Å². The normalized spacial score (nSPS) is 14.9. The Morgan fingerprint density at radius 2 is 1.68 bits per heavy atom. The molecule has 10 heteroatoms. The summed E-state index contributed by atoms with van der Waals surface area (Å²) in [7, 11) is -3.94. The van der Waals surface area contributed by atoms with Crippen molar-refractivity contribution in [1.82, 2.24) is 9.62 Å². The first-order valence-electron chi connectivity index (χ1n) is 12.4. The molecule has 1 N–H and O–H groups in total. The van der Waals surface area contributed by atoms with E-state index in [-0.39, 0.29) is 23.9 Å². The summed E-state index contributed by atoms with van der Waals surface area (Å²) < 4.78 is 39.1. The number of sulfonamides is 1. The molecule has 2 amide bonds. The molecule has 3 aromatic rings. The van der Waals surface area contributed by atoms with Crippen molar-refractivity contribution >= 4 is 27.5 Å². The molecule has 0 bridgehead atoms. The van der Waals surface area contributed by atoms with Crippen LogP contribution < -0.4 is 19.7 Å². The van der Waals surface area contributed by atoms with Crippen LogP contribution in [0.4, 0.5) is 5.69 Å². The van der Waals surface area contributed by atoms with Crippen LogP contribution in [0, 0.1) is 0 Å². The van der Waals surface area contributed by atoms with Gasteiger partial charge in [0.15, 0.2) is 6.10 Å². The van der Waals surface area contributed by atoms with E-state index < -0.39 is 28.6 Å². The van der Waals surface area contributed by atoms with Crippen LogP contribution in [0.3, 0.4) is 0 Å². The maximum atomic E-state index is 13.5. The summed E-state index contributed by atoms with van der Waals surface area (Å²) in [5, 5.41) is 2.85. The van der Waals surface area contributed by atoms with Gasteiger partial charge in [-0.3, -0.25) is 9.59 Å². The smallest absolute Gasteiger partial charge is 0.263 e. The molecule has 9 nitrogen and oxygen atoms in total. The molecule has 1 aliphatic heterocycles. The topological polar surface area (TPSA) is 105 Å². The van der Waals surface area contributed by atoms with Gasteiger partial charge in [-0.1, -0.05) is 49.4 Å². The molecule has 1 atom stereocenters. The summed E-state index contributed by atoms with van der Waals surface area (Å²) in [6, 6.07) is 22.5. The van der Waals surface area contributed by atoms with Crippen molar-refractivity contribution in [2.75, 3.05) is 31.1 Å². The monoisotopic (exact) mass is 537 g/mol. The van der Waals surface area contributed by atoms with Crippen LogP contribution in [-0.2, 0) is 26.2 Å². The second-order valence-corrected chi connectivity index (χ2v) is 10.6. The van der Waals surface area contributed by atoms with Gasteiger partial charge in [0.1, 0.15) is 11.5 Å². The Morgan fingerprint density at radius 3 is 2.37 bits per heavy atom. The van der Waals surface area contributed by atoms with E-state index in [1.165, 1.54) is 17.0 Å². The second kappa shape index (κ2) is 12.1. The number of para-hydroxylation sites is 2. The van der Waals surface area contributed by atoms with Crippen molar-refractivity contribution in [3.8, 4) is 11.5 Å². The SMILES string of the molecule is CCOc1ccc(S(=O)(=O)N(CC)CC(=O)N2C[C@@H](C(=O)NCc3ccccc3)Oc3ccccc32)cc1. The third kappa shape index (κ3) is 6.15. The lowest BCUT2D eigenvalue weighted by atomic mass is 10.1. The molecular weight excluding hydrogens is 506 g/mol. The molecule has 0 unspecified atom stereocenters. The highest BCUT2D eigenvalue weighted by molar-refractivity contribution is 7.89. The number of hydrogen-bond acceptors (Lipinski definition) is 6. The summed E-state index contributed by atoms with van der Waals surface area (Å²) in [4.78, 5) is 27.9.